The number of fused-ring (bicyclic) bond motifs is 1. The van der Waals surface area contributed by atoms with Gasteiger partial charge in [-0.05, 0) is 35.2 Å². The van der Waals surface area contributed by atoms with E-state index in [0.717, 1.165) is 22.1 Å². The van der Waals surface area contributed by atoms with E-state index in [9.17, 15) is 4.79 Å². The fourth-order valence-corrected chi connectivity index (χ4v) is 2.32. The average molecular weight is 265 g/mol. The van der Waals surface area contributed by atoms with Crippen LogP contribution in [0, 0.1) is 0 Å². The second-order valence-electron chi connectivity index (χ2n) is 4.69. The van der Waals surface area contributed by atoms with Crippen molar-refractivity contribution in [2.45, 2.75) is 6.54 Å². The minimum atomic E-state index is 0.0333. The molecule has 100 valence electrons. The van der Waals surface area contributed by atoms with Crippen LogP contribution >= 0.6 is 0 Å². The van der Waals surface area contributed by atoms with Crippen LogP contribution in [0.15, 0.2) is 65.6 Å². The van der Waals surface area contributed by atoms with Crippen LogP contribution in [-0.4, -0.2) is 11.7 Å². The highest BCUT2D eigenvalue weighted by molar-refractivity contribution is 5.81. The molecule has 0 radical (unpaired) electrons. The number of benzene rings is 2. The fourth-order valence-electron chi connectivity index (χ4n) is 2.32. The monoisotopic (exact) mass is 265 g/mol. The predicted molar refractivity (Wildman–Crippen MR) is 80.3 cm³/mol. The van der Waals surface area contributed by atoms with Crippen molar-refractivity contribution in [2.24, 2.45) is 0 Å². The Hall–Kier alpha value is -2.55. The highest BCUT2D eigenvalue weighted by atomic mass is 16.5. The summed E-state index contributed by atoms with van der Waals surface area (Å²) >= 11 is 0. The van der Waals surface area contributed by atoms with Gasteiger partial charge >= 0.3 is 0 Å². The Morgan fingerprint density at radius 3 is 2.75 bits per heavy atom. The van der Waals surface area contributed by atoms with Gasteiger partial charge in [-0.2, -0.15) is 0 Å². The first kappa shape index (κ1) is 12.5. The minimum Gasteiger partial charge on any atom is -0.497 e. The summed E-state index contributed by atoms with van der Waals surface area (Å²) in [7, 11) is 1.64. The van der Waals surface area contributed by atoms with E-state index in [1.807, 2.05) is 60.8 Å². The molecule has 0 amide bonds. The summed E-state index contributed by atoms with van der Waals surface area (Å²) in [6.45, 7) is 0.543. The fraction of sp³-hybridized carbons (Fsp3) is 0.118. The lowest BCUT2D eigenvalue weighted by Crippen LogP contribution is -2.19. The van der Waals surface area contributed by atoms with Crippen molar-refractivity contribution in [3.63, 3.8) is 0 Å². The first-order chi connectivity index (χ1) is 9.78. The summed E-state index contributed by atoms with van der Waals surface area (Å²) in [6.07, 6.45) is 1.84. The maximum atomic E-state index is 12.4. The van der Waals surface area contributed by atoms with E-state index in [0.29, 0.717) is 6.54 Å². The SMILES string of the molecule is COc1cccc(Cn2ccc3ccccc3c2=O)c1. The number of hydrogen-bond acceptors (Lipinski definition) is 2. The van der Waals surface area contributed by atoms with Crippen LogP contribution in [0.5, 0.6) is 5.75 Å². The third-order valence-corrected chi connectivity index (χ3v) is 3.37. The van der Waals surface area contributed by atoms with Crippen LogP contribution in [0.4, 0.5) is 0 Å². The first-order valence-electron chi connectivity index (χ1n) is 6.49. The maximum absolute atomic E-state index is 12.4. The molecular weight excluding hydrogens is 250 g/mol. The molecule has 0 aliphatic rings. The summed E-state index contributed by atoms with van der Waals surface area (Å²) in [5.74, 6) is 0.802. The standard InChI is InChI=1S/C17H15NO2/c1-20-15-7-4-5-13(11-15)12-18-10-9-14-6-2-3-8-16(14)17(18)19/h2-11H,12H2,1H3. The van der Waals surface area contributed by atoms with Crippen molar-refractivity contribution in [3.8, 4) is 5.75 Å². The molecule has 3 aromatic rings. The zero-order valence-corrected chi connectivity index (χ0v) is 11.2. The number of hydrogen-bond donors (Lipinski definition) is 0. The van der Waals surface area contributed by atoms with E-state index in [1.165, 1.54) is 0 Å². The molecule has 1 aromatic heterocycles. The Morgan fingerprint density at radius 1 is 1.05 bits per heavy atom. The van der Waals surface area contributed by atoms with Gasteiger partial charge in [0.05, 0.1) is 13.7 Å². The Labute approximate surface area is 117 Å². The Morgan fingerprint density at radius 2 is 1.90 bits per heavy atom. The van der Waals surface area contributed by atoms with E-state index in [4.69, 9.17) is 4.74 Å². The Balaban J connectivity index is 2.02. The second kappa shape index (κ2) is 5.21. The van der Waals surface area contributed by atoms with Crippen LogP contribution in [0.1, 0.15) is 5.56 Å². The molecule has 0 saturated carbocycles. The van der Waals surface area contributed by atoms with Crippen LogP contribution in [0.2, 0.25) is 0 Å². The number of nitrogens with zero attached hydrogens (tertiary/aromatic N) is 1. The lowest BCUT2D eigenvalue weighted by atomic mass is 10.1. The zero-order chi connectivity index (χ0) is 13.9. The lowest BCUT2D eigenvalue weighted by Gasteiger charge is -2.08. The van der Waals surface area contributed by atoms with Gasteiger partial charge in [0.25, 0.3) is 5.56 Å². The third-order valence-electron chi connectivity index (χ3n) is 3.37. The van der Waals surface area contributed by atoms with E-state index in [2.05, 4.69) is 0 Å². The van der Waals surface area contributed by atoms with Crippen LogP contribution in [0.25, 0.3) is 10.8 Å². The van der Waals surface area contributed by atoms with Gasteiger partial charge < -0.3 is 9.30 Å². The van der Waals surface area contributed by atoms with Crippen molar-refractivity contribution in [3.05, 3.63) is 76.7 Å². The van der Waals surface area contributed by atoms with Gasteiger partial charge in [0.1, 0.15) is 5.75 Å². The minimum absolute atomic E-state index is 0.0333. The van der Waals surface area contributed by atoms with Gasteiger partial charge in [-0.3, -0.25) is 4.79 Å². The molecule has 20 heavy (non-hydrogen) atoms. The van der Waals surface area contributed by atoms with Crippen molar-refractivity contribution in [2.75, 3.05) is 7.11 Å². The largest absolute Gasteiger partial charge is 0.497 e. The van der Waals surface area contributed by atoms with Gasteiger partial charge in [0.2, 0.25) is 0 Å². The van der Waals surface area contributed by atoms with Crippen LogP contribution in [0.3, 0.4) is 0 Å². The summed E-state index contributed by atoms with van der Waals surface area (Å²) in [6, 6.07) is 17.4. The number of ether oxygens (including phenoxy) is 1. The van der Waals surface area contributed by atoms with Crippen molar-refractivity contribution in [1.29, 1.82) is 0 Å². The average Bonchev–Trinajstić information content (AvgIpc) is 2.50. The molecule has 3 nitrogen and oxygen atoms in total. The van der Waals surface area contributed by atoms with E-state index < -0.39 is 0 Å². The van der Waals surface area contributed by atoms with Gasteiger partial charge in [-0.1, -0.05) is 30.3 Å². The normalized spacial score (nSPS) is 10.7. The molecule has 3 heteroatoms. The Bertz CT molecular complexity index is 805. The van der Waals surface area contributed by atoms with E-state index >= 15 is 0 Å². The molecular formula is C17H15NO2. The smallest absolute Gasteiger partial charge is 0.258 e. The van der Waals surface area contributed by atoms with Crippen molar-refractivity contribution >= 4 is 10.8 Å². The van der Waals surface area contributed by atoms with Gasteiger partial charge in [0, 0.05) is 11.6 Å². The van der Waals surface area contributed by atoms with Gasteiger partial charge in [0.15, 0.2) is 0 Å². The number of methoxy groups -OCH3 is 1. The molecule has 0 fully saturated rings. The van der Waals surface area contributed by atoms with Gasteiger partial charge in [-0.25, -0.2) is 0 Å². The highest BCUT2D eigenvalue weighted by Gasteiger charge is 2.03. The molecule has 0 N–H and O–H groups in total. The molecule has 0 spiro atoms. The number of rotatable bonds is 3. The van der Waals surface area contributed by atoms with Crippen LogP contribution < -0.4 is 10.3 Å². The molecule has 0 bridgehead atoms. The second-order valence-corrected chi connectivity index (χ2v) is 4.69. The number of pyridine rings is 1. The summed E-state index contributed by atoms with van der Waals surface area (Å²) in [5.41, 5.74) is 1.08. The number of aromatic nitrogens is 1. The molecule has 2 aromatic carbocycles. The van der Waals surface area contributed by atoms with E-state index in [1.54, 1.807) is 11.7 Å². The molecule has 0 aliphatic carbocycles. The van der Waals surface area contributed by atoms with E-state index in [-0.39, 0.29) is 5.56 Å². The molecule has 3 rings (SSSR count). The Kier molecular flexibility index (Phi) is 3.25. The van der Waals surface area contributed by atoms with Gasteiger partial charge in [-0.15, -0.1) is 0 Å². The molecule has 0 aliphatic heterocycles. The summed E-state index contributed by atoms with van der Waals surface area (Å²) < 4.78 is 6.92. The molecule has 0 atom stereocenters. The third kappa shape index (κ3) is 2.30. The summed E-state index contributed by atoms with van der Waals surface area (Å²) in [4.78, 5) is 12.4. The maximum Gasteiger partial charge on any atom is 0.258 e. The topological polar surface area (TPSA) is 31.2 Å². The molecule has 0 unspecified atom stereocenters. The zero-order valence-electron chi connectivity index (χ0n) is 11.2. The molecule has 1 heterocycles. The van der Waals surface area contributed by atoms with Crippen molar-refractivity contribution in [1.82, 2.24) is 4.57 Å². The quantitative estimate of drug-likeness (QED) is 0.728. The van der Waals surface area contributed by atoms with Crippen LogP contribution in [-0.2, 0) is 6.54 Å². The van der Waals surface area contributed by atoms with Crippen molar-refractivity contribution < 1.29 is 4.74 Å². The predicted octanol–water partition coefficient (Wildman–Crippen LogP) is 3.06. The molecule has 0 saturated heterocycles. The lowest BCUT2D eigenvalue weighted by molar-refractivity contribution is 0.414. The highest BCUT2D eigenvalue weighted by Crippen LogP contribution is 2.14. The summed E-state index contributed by atoms with van der Waals surface area (Å²) in [5, 5.41) is 1.72. The first-order valence-corrected chi connectivity index (χ1v) is 6.49.